The predicted molar refractivity (Wildman–Crippen MR) is 129 cm³/mol. The zero-order chi connectivity index (χ0) is 22.4. The van der Waals surface area contributed by atoms with Gasteiger partial charge in [-0.3, -0.25) is 0 Å². The highest BCUT2D eigenvalue weighted by molar-refractivity contribution is 8.04. The SMILES string of the molecule is Cc1ccc(C)c(NC(SCc2ccccc2Cl)=C(C#N)S(=O)(=O)c2ccccc2)c1. The van der Waals surface area contributed by atoms with Gasteiger partial charge in [0.1, 0.15) is 11.1 Å². The number of rotatable bonds is 7. The van der Waals surface area contributed by atoms with Gasteiger partial charge in [-0.1, -0.05) is 60.1 Å². The Balaban J connectivity index is 2.09. The highest BCUT2D eigenvalue weighted by Gasteiger charge is 2.26. The number of sulfone groups is 1. The van der Waals surface area contributed by atoms with Crippen LogP contribution in [0.4, 0.5) is 5.69 Å². The number of nitrogens with one attached hydrogen (secondary N) is 1. The van der Waals surface area contributed by atoms with E-state index in [0.717, 1.165) is 22.4 Å². The molecule has 3 aromatic carbocycles. The van der Waals surface area contributed by atoms with Gasteiger partial charge in [-0.25, -0.2) is 8.42 Å². The number of allylic oxidation sites excluding steroid dienone is 1. The largest absolute Gasteiger partial charge is 0.348 e. The maximum Gasteiger partial charge on any atom is 0.219 e. The second-order valence-corrected chi connectivity index (χ2v) is 10.2. The topological polar surface area (TPSA) is 70.0 Å². The molecule has 0 unspecified atom stereocenters. The first-order chi connectivity index (χ1) is 14.8. The van der Waals surface area contributed by atoms with Crippen molar-refractivity contribution in [1.82, 2.24) is 0 Å². The van der Waals surface area contributed by atoms with Crippen LogP contribution in [0.25, 0.3) is 0 Å². The first-order valence-electron chi connectivity index (χ1n) is 9.48. The van der Waals surface area contributed by atoms with Gasteiger partial charge in [0.25, 0.3) is 0 Å². The van der Waals surface area contributed by atoms with Crippen molar-refractivity contribution in [2.75, 3.05) is 5.32 Å². The minimum Gasteiger partial charge on any atom is -0.348 e. The van der Waals surface area contributed by atoms with Crippen LogP contribution in [0.15, 0.2) is 87.6 Å². The van der Waals surface area contributed by atoms with E-state index in [1.165, 1.54) is 23.9 Å². The molecule has 0 radical (unpaired) electrons. The van der Waals surface area contributed by atoms with Gasteiger partial charge in [-0.15, -0.1) is 11.8 Å². The van der Waals surface area contributed by atoms with E-state index in [0.29, 0.717) is 10.8 Å². The third kappa shape index (κ3) is 5.50. The normalized spacial score (nSPS) is 12.1. The first kappa shape index (κ1) is 23.0. The van der Waals surface area contributed by atoms with Gasteiger partial charge in [0.2, 0.25) is 9.84 Å². The van der Waals surface area contributed by atoms with Crippen molar-refractivity contribution in [3.05, 3.63) is 104 Å². The summed E-state index contributed by atoms with van der Waals surface area (Å²) in [6.45, 7) is 3.88. The molecule has 3 aromatic rings. The summed E-state index contributed by atoms with van der Waals surface area (Å²) in [7, 11) is -4.01. The lowest BCUT2D eigenvalue weighted by atomic mass is 10.1. The van der Waals surface area contributed by atoms with Gasteiger partial charge < -0.3 is 5.32 Å². The first-order valence-corrected chi connectivity index (χ1v) is 12.3. The lowest BCUT2D eigenvalue weighted by molar-refractivity contribution is 0.603. The van der Waals surface area contributed by atoms with Crippen molar-refractivity contribution >= 4 is 38.9 Å². The van der Waals surface area contributed by atoms with E-state index in [1.807, 2.05) is 56.3 Å². The average Bonchev–Trinajstić information content (AvgIpc) is 2.76. The van der Waals surface area contributed by atoms with Crippen LogP contribution in [0.1, 0.15) is 16.7 Å². The molecule has 0 saturated heterocycles. The number of thioether (sulfide) groups is 1. The Morgan fingerprint density at radius 3 is 2.39 bits per heavy atom. The van der Waals surface area contributed by atoms with Crippen molar-refractivity contribution in [3.8, 4) is 6.07 Å². The summed E-state index contributed by atoms with van der Waals surface area (Å²) >= 11 is 7.51. The zero-order valence-electron chi connectivity index (χ0n) is 17.1. The monoisotopic (exact) mass is 468 g/mol. The Morgan fingerprint density at radius 2 is 1.71 bits per heavy atom. The molecule has 4 nitrogen and oxygen atoms in total. The second-order valence-electron chi connectivity index (χ2n) is 6.91. The summed E-state index contributed by atoms with van der Waals surface area (Å²) in [5.74, 6) is 0.405. The zero-order valence-corrected chi connectivity index (χ0v) is 19.5. The number of halogens is 1. The fourth-order valence-corrected chi connectivity index (χ4v) is 5.73. The molecule has 0 aliphatic carbocycles. The maximum absolute atomic E-state index is 13.3. The van der Waals surface area contributed by atoms with Crippen molar-refractivity contribution in [3.63, 3.8) is 0 Å². The predicted octanol–water partition coefficient (Wildman–Crippen LogP) is 6.47. The molecule has 0 bridgehead atoms. The van der Waals surface area contributed by atoms with Crippen LogP contribution < -0.4 is 5.32 Å². The van der Waals surface area contributed by atoms with E-state index >= 15 is 0 Å². The van der Waals surface area contributed by atoms with Crippen LogP contribution in [-0.2, 0) is 15.6 Å². The number of aryl methyl sites for hydroxylation is 2. The van der Waals surface area contributed by atoms with Crippen molar-refractivity contribution in [2.24, 2.45) is 0 Å². The van der Waals surface area contributed by atoms with Crippen molar-refractivity contribution < 1.29 is 8.42 Å². The van der Waals surface area contributed by atoms with Crippen LogP contribution >= 0.6 is 23.4 Å². The second kappa shape index (κ2) is 10.1. The molecule has 31 heavy (non-hydrogen) atoms. The molecule has 0 saturated carbocycles. The minimum atomic E-state index is -4.01. The smallest absolute Gasteiger partial charge is 0.219 e. The van der Waals surface area contributed by atoms with E-state index < -0.39 is 9.84 Å². The average molecular weight is 469 g/mol. The maximum atomic E-state index is 13.3. The van der Waals surface area contributed by atoms with Crippen LogP contribution in [0, 0.1) is 25.2 Å². The molecule has 3 rings (SSSR count). The third-order valence-electron chi connectivity index (χ3n) is 4.60. The molecule has 0 fully saturated rings. The number of nitriles is 1. The van der Waals surface area contributed by atoms with Gasteiger partial charge in [0.15, 0.2) is 4.91 Å². The fraction of sp³-hybridized carbons (Fsp3) is 0.125. The molecule has 0 atom stereocenters. The Bertz CT molecular complexity index is 1260. The Morgan fingerprint density at radius 1 is 1.03 bits per heavy atom. The number of hydrogen-bond acceptors (Lipinski definition) is 5. The molecule has 1 N–H and O–H groups in total. The summed E-state index contributed by atoms with van der Waals surface area (Å²) in [4.78, 5) is -0.248. The Labute approximate surface area is 192 Å². The van der Waals surface area contributed by atoms with E-state index in [4.69, 9.17) is 11.6 Å². The number of anilines is 1. The molecule has 0 aliphatic rings. The molecule has 0 heterocycles. The van der Waals surface area contributed by atoms with Crippen LogP contribution in [-0.4, -0.2) is 8.42 Å². The van der Waals surface area contributed by atoms with Gasteiger partial charge in [0.05, 0.1) is 4.90 Å². The standard InChI is InChI=1S/C24H21ClN2O2S2/c1-17-12-13-18(2)22(14-17)27-24(30-16-19-8-6-7-11-21(19)25)23(15-26)31(28,29)20-9-4-3-5-10-20/h3-14,27H,16H2,1-2H3. The highest BCUT2D eigenvalue weighted by Crippen LogP contribution is 2.33. The van der Waals surface area contributed by atoms with Gasteiger partial charge >= 0.3 is 0 Å². The molecule has 0 aliphatic heterocycles. The molecular weight excluding hydrogens is 448 g/mol. The molecule has 7 heteroatoms. The lowest BCUT2D eigenvalue weighted by Gasteiger charge is -2.16. The van der Waals surface area contributed by atoms with Gasteiger partial charge in [-0.05, 0) is 54.8 Å². The van der Waals surface area contributed by atoms with Crippen LogP contribution in [0.5, 0.6) is 0 Å². The van der Waals surface area contributed by atoms with Crippen LogP contribution in [0.3, 0.4) is 0 Å². The van der Waals surface area contributed by atoms with Crippen molar-refractivity contribution in [1.29, 1.82) is 5.26 Å². The van der Waals surface area contributed by atoms with E-state index in [1.54, 1.807) is 24.3 Å². The number of benzene rings is 3. The summed E-state index contributed by atoms with van der Waals surface area (Å²) in [5.41, 5.74) is 3.56. The Kier molecular flexibility index (Phi) is 7.45. The minimum absolute atomic E-state index is 0.0742. The van der Waals surface area contributed by atoms with Crippen LogP contribution in [0.2, 0.25) is 5.02 Å². The summed E-state index contributed by atoms with van der Waals surface area (Å²) in [6.07, 6.45) is 0. The van der Waals surface area contributed by atoms with Crippen molar-refractivity contribution in [2.45, 2.75) is 24.5 Å². The Hall–Kier alpha value is -2.72. The lowest BCUT2D eigenvalue weighted by Crippen LogP contribution is -2.11. The fourth-order valence-electron chi connectivity index (χ4n) is 2.87. The number of nitrogens with zero attached hydrogens (tertiary/aromatic N) is 1. The van der Waals surface area contributed by atoms with Gasteiger partial charge in [0, 0.05) is 16.5 Å². The molecular formula is C24H21ClN2O2S2. The van der Waals surface area contributed by atoms with E-state index in [2.05, 4.69) is 5.32 Å². The van der Waals surface area contributed by atoms with E-state index in [9.17, 15) is 13.7 Å². The molecule has 0 amide bonds. The summed E-state index contributed by atoms with van der Waals surface area (Å²) in [6, 6.07) is 23.1. The molecule has 158 valence electrons. The molecule has 0 aromatic heterocycles. The third-order valence-corrected chi connectivity index (χ3v) is 7.87. The summed E-state index contributed by atoms with van der Waals surface area (Å²) < 4.78 is 26.5. The van der Waals surface area contributed by atoms with E-state index in [-0.39, 0.29) is 14.8 Å². The quantitative estimate of drug-likeness (QED) is 0.402. The van der Waals surface area contributed by atoms with Gasteiger partial charge in [-0.2, -0.15) is 5.26 Å². The highest BCUT2D eigenvalue weighted by atomic mass is 35.5. The number of hydrogen-bond donors (Lipinski definition) is 1. The summed E-state index contributed by atoms with van der Waals surface area (Å²) in [5, 5.41) is 13.9. The molecule has 0 spiro atoms.